The third-order valence-electron chi connectivity index (χ3n) is 2.98. The van der Waals surface area contributed by atoms with Crippen LogP contribution in [0.25, 0.3) is 0 Å². The fourth-order valence-corrected chi connectivity index (χ4v) is 2.57. The van der Waals surface area contributed by atoms with Crippen LogP contribution in [-0.2, 0) is 9.84 Å². The zero-order valence-corrected chi connectivity index (χ0v) is 14.8. The molecule has 0 bridgehead atoms. The van der Waals surface area contributed by atoms with Gasteiger partial charge in [-0.25, -0.2) is 13.4 Å². The number of aromatic nitrogens is 2. The molecule has 0 amide bonds. The average Bonchev–Trinajstić information content (AvgIpc) is 2.40. The van der Waals surface area contributed by atoms with Gasteiger partial charge < -0.3 is 10.6 Å². The van der Waals surface area contributed by atoms with Crippen molar-refractivity contribution in [1.82, 2.24) is 9.97 Å². The predicted octanol–water partition coefficient (Wildman–Crippen LogP) is 3.14. The van der Waals surface area contributed by atoms with Crippen LogP contribution in [0.4, 0.5) is 17.5 Å². The highest BCUT2D eigenvalue weighted by Crippen LogP contribution is 2.22. The lowest BCUT2D eigenvalue weighted by molar-refractivity contribution is 0.602. The van der Waals surface area contributed by atoms with Gasteiger partial charge in [0.25, 0.3) is 0 Å². The molecule has 124 valence electrons. The Hall–Kier alpha value is -2.15. The van der Waals surface area contributed by atoms with Crippen LogP contribution in [0.3, 0.4) is 0 Å². The minimum Gasteiger partial charge on any atom is -0.350 e. The van der Waals surface area contributed by atoms with Crippen molar-refractivity contribution in [3.8, 4) is 0 Å². The Morgan fingerprint density at radius 2 is 1.87 bits per heavy atom. The molecule has 0 unspecified atom stereocenters. The maximum absolute atomic E-state index is 11.7. The Labute approximate surface area is 137 Å². The molecule has 23 heavy (non-hydrogen) atoms. The molecular weight excluding hydrogens is 312 g/mol. The molecule has 0 saturated carbocycles. The van der Waals surface area contributed by atoms with Crippen LogP contribution in [0, 0.1) is 6.92 Å². The summed E-state index contributed by atoms with van der Waals surface area (Å²) in [6.07, 6.45) is 2.91. The van der Waals surface area contributed by atoms with Gasteiger partial charge in [0.2, 0.25) is 5.95 Å². The van der Waals surface area contributed by atoms with Gasteiger partial charge in [0.1, 0.15) is 5.82 Å². The Morgan fingerprint density at radius 3 is 2.48 bits per heavy atom. The molecule has 0 aliphatic rings. The fourth-order valence-electron chi connectivity index (χ4n) is 1.91. The molecule has 0 atom stereocenters. The van der Waals surface area contributed by atoms with E-state index in [0.717, 1.165) is 5.56 Å². The molecule has 0 radical (unpaired) electrons. The number of anilines is 3. The minimum absolute atomic E-state index is 0.150. The predicted molar refractivity (Wildman–Crippen MR) is 93.0 cm³/mol. The second kappa shape index (κ2) is 6.16. The number of benzene rings is 1. The molecular formula is C16H22N4O2S. The highest BCUT2D eigenvalue weighted by atomic mass is 32.2. The third kappa shape index (κ3) is 4.92. The number of sulfone groups is 1. The van der Waals surface area contributed by atoms with Gasteiger partial charge in [0.15, 0.2) is 9.84 Å². The van der Waals surface area contributed by atoms with Crippen LogP contribution in [0.15, 0.2) is 35.4 Å². The van der Waals surface area contributed by atoms with Gasteiger partial charge >= 0.3 is 0 Å². The molecule has 0 saturated heterocycles. The molecule has 0 aliphatic heterocycles. The molecule has 1 aromatic heterocycles. The van der Waals surface area contributed by atoms with Gasteiger partial charge in [-0.15, -0.1) is 0 Å². The highest BCUT2D eigenvalue weighted by Gasteiger charge is 2.13. The van der Waals surface area contributed by atoms with E-state index in [4.69, 9.17) is 0 Å². The van der Waals surface area contributed by atoms with E-state index in [-0.39, 0.29) is 10.4 Å². The maximum Gasteiger partial charge on any atom is 0.225 e. The summed E-state index contributed by atoms with van der Waals surface area (Å²) in [5.74, 6) is 1.15. The van der Waals surface area contributed by atoms with E-state index in [2.05, 4.69) is 20.6 Å². The lowest BCUT2D eigenvalue weighted by atomic mass is 10.1. The Morgan fingerprint density at radius 1 is 1.17 bits per heavy atom. The number of hydrogen-bond donors (Lipinski definition) is 2. The third-order valence-corrected chi connectivity index (χ3v) is 4.09. The van der Waals surface area contributed by atoms with Crippen molar-refractivity contribution in [3.63, 3.8) is 0 Å². The van der Waals surface area contributed by atoms with E-state index in [1.165, 1.54) is 6.26 Å². The summed E-state index contributed by atoms with van der Waals surface area (Å²) in [5.41, 5.74) is 1.38. The largest absolute Gasteiger partial charge is 0.350 e. The topological polar surface area (TPSA) is 84.0 Å². The van der Waals surface area contributed by atoms with Gasteiger partial charge in [-0.2, -0.15) is 4.98 Å². The van der Waals surface area contributed by atoms with Crippen LogP contribution < -0.4 is 10.6 Å². The van der Waals surface area contributed by atoms with Crippen molar-refractivity contribution in [3.05, 3.63) is 36.0 Å². The second-order valence-electron chi connectivity index (χ2n) is 6.53. The Bertz CT molecular complexity index is 811. The van der Waals surface area contributed by atoms with E-state index in [9.17, 15) is 8.42 Å². The molecule has 1 heterocycles. The van der Waals surface area contributed by atoms with Crippen molar-refractivity contribution in [1.29, 1.82) is 0 Å². The van der Waals surface area contributed by atoms with Crippen LogP contribution in [0.2, 0.25) is 0 Å². The number of rotatable bonds is 4. The van der Waals surface area contributed by atoms with Crippen molar-refractivity contribution in [2.75, 3.05) is 16.9 Å². The van der Waals surface area contributed by atoms with E-state index in [0.29, 0.717) is 17.5 Å². The zero-order valence-electron chi connectivity index (χ0n) is 14.0. The molecule has 0 aliphatic carbocycles. The normalized spacial score (nSPS) is 12.0. The summed E-state index contributed by atoms with van der Waals surface area (Å²) >= 11 is 0. The zero-order chi connectivity index (χ0) is 17.3. The summed E-state index contributed by atoms with van der Waals surface area (Å²) in [6, 6.07) is 6.66. The van der Waals surface area contributed by atoms with Crippen LogP contribution in [-0.4, -0.2) is 30.2 Å². The van der Waals surface area contributed by atoms with Gasteiger partial charge in [0.05, 0.1) is 4.90 Å². The van der Waals surface area contributed by atoms with Crippen molar-refractivity contribution in [2.45, 2.75) is 38.1 Å². The monoisotopic (exact) mass is 334 g/mol. The first-order valence-corrected chi connectivity index (χ1v) is 9.13. The Kier molecular flexibility index (Phi) is 4.61. The smallest absolute Gasteiger partial charge is 0.225 e. The Balaban J connectivity index is 2.31. The van der Waals surface area contributed by atoms with Crippen molar-refractivity contribution < 1.29 is 8.42 Å². The molecule has 6 nitrogen and oxygen atoms in total. The van der Waals surface area contributed by atoms with E-state index < -0.39 is 9.84 Å². The standard InChI is InChI=1S/C16H22N4O2S/c1-11-10-17-15(20-16(2,3)4)19-14(11)18-12-7-6-8-13(9-12)23(5,21)22/h6-10H,1-5H3,(H2,17,18,19,20). The minimum atomic E-state index is -3.25. The van der Waals surface area contributed by atoms with E-state index >= 15 is 0 Å². The highest BCUT2D eigenvalue weighted by molar-refractivity contribution is 7.90. The summed E-state index contributed by atoms with van der Waals surface area (Å²) in [6.45, 7) is 7.97. The SMILES string of the molecule is Cc1cnc(NC(C)(C)C)nc1Nc1cccc(S(C)(=O)=O)c1. The van der Waals surface area contributed by atoms with Crippen molar-refractivity contribution >= 4 is 27.3 Å². The van der Waals surface area contributed by atoms with Gasteiger partial charge in [-0.3, -0.25) is 0 Å². The molecule has 1 aromatic carbocycles. The molecule has 2 aromatic rings. The van der Waals surface area contributed by atoms with E-state index in [1.807, 2.05) is 27.7 Å². The lowest BCUT2D eigenvalue weighted by Crippen LogP contribution is -2.27. The first-order chi connectivity index (χ1) is 10.5. The van der Waals surface area contributed by atoms with Crippen LogP contribution >= 0.6 is 0 Å². The first kappa shape index (κ1) is 17.2. The van der Waals surface area contributed by atoms with Crippen LogP contribution in [0.1, 0.15) is 26.3 Å². The number of hydrogen-bond acceptors (Lipinski definition) is 6. The van der Waals surface area contributed by atoms with Crippen molar-refractivity contribution in [2.24, 2.45) is 0 Å². The van der Waals surface area contributed by atoms with Gasteiger partial charge in [-0.05, 0) is 45.9 Å². The number of nitrogens with one attached hydrogen (secondary N) is 2. The summed E-state index contributed by atoms with van der Waals surface area (Å²) < 4.78 is 23.3. The van der Waals surface area contributed by atoms with Crippen LogP contribution in [0.5, 0.6) is 0 Å². The summed E-state index contributed by atoms with van der Waals surface area (Å²) in [4.78, 5) is 8.99. The number of aryl methyl sites for hydroxylation is 1. The second-order valence-corrected chi connectivity index (χ2v) is 8.54. The van der Waals surface area contributed by atoms with Gasteiger partial charge in [0, 0.05) is 29.2 Å². The molecule has 2 N–H and O–H groups in total. The molecule has 2 rings (SSSR count). The number of nitrogens with zero attached hydrogens (tertiary/aromatic N) is 2. The maximum atomic E-state index is 11.7. The molecule has 7 heteroatoms. The van der Waals surface area contributed by atoms with E-state index in [1.54, 1.807) is 30.5 Å². The summed E-state index contributed by atoms with van der Waals surface area (Å²) in [5, 5.41) is 6.37. The van der Waals surface area contributed by atoms with Gasteiger partial charge in [-0.1, -0.05) is 6.07 Å². The quantitative estimate of drug-likeness (QED) is 0.893. The molecule has 0 fully saturated rings. The average molecular weight is 334 g/mol. The first-order valence-electron chi connectivity index (χ1n) is 7.23. The lowest BCUT2D eigenvalue weighted by Gasteiger charge is -2.21. The molecule has 0 spiro atoms. The fraction of sp³-hybridized carbons (Fsp3) is 0.375. The summed E-state index contributed by atoms with van der Waals surface area (Å²) in [7, 11) is -3.25.